The van der Waals surface area contributed by atoms with Gasteiger partial charge < -0.3 is 4.74 Å². The van der Waals surface area contributed by atoms with Crippen molar-refractivity contribution in [3.05, 3.63) is 0 Å². The fourth-order valence-electron chi connectivity index (χ4n) is 6.15. The van der Waals surface area contributed by atoms with Crippen LogP contribution in [0.25, 0.3) is 0 Å². The third-order valence-electron chi connectivity index (χ3n) is 8.03. The molecule has 0 aromatic rings. The van der Waals surface area contributed by atoms with Gasteiger partial charge in [-0.3, -0.25) is 4.79 Å². The standard InChI is InChI=1S/C24H41FO2/c1-3-5-17-6-8-19(9-7-17)20-10-12-21(13-11-20)24(26)27-22-15-14-18(4-2)23(25)16-22/h17-23H,3-16H2,1-2H3. The van der Waals surface area contributed by atoms with E-state index in [0.717, 1.165) is 49.9 Å². The van der Waals surface area contributed by atoms with Gasteiger partial charge >= 0.3 is 5.97 Å². The molecule has 0 N–H and O–H groups in total. The van der Waals surface area contributed by atoms with E-state index in [1.165, 1.54) is 51.4 Å². The van der Waals surface area contributed by atoms with Gasteiger partial charge in [0.2, 0.25) is 0 Å². The molecule has 3 heteroatoms. The van der Waals surface area contributed by atoms with Crippen molar-refractivity contribution >= 4 is 5.97 Å². The number of alkyl halides is 1. The smallest absolute Gasteiger partial charge is 0.309 e. The van der Waals surface area contributed by atoms with Gasteiger partial charge in [-0.2, -0.15) is 0 Å². The van der Waals surface area contributed by atoms with Gasteiger partial charge in [-0.1, -0.05) is 46.0 Å². The first-order chi connectivity index (χ1) is 13.1. The van der Waals surface area contributed by atoms with Gasteiger partial charge in [-0.25, -0.2) is 4.39 Å². The van der Waals surface area contributed by atoms with Crippen LogP contribution in [0.3, 0.4) is 0 Å². The van der Waals surface area contributed by atoms with E-state index in [1.807, 2.05) is 0 Å². The predicted octanol–water partition coefficient (Wildman–Crippen LogP) is 6.86. The number of carbonyl (C=O) groups is 1. The number of rotatable bonds is 6. The summed E-state index contributed by atoms with van der Waals surface area (Å²) in [6.45, 7) is 4.36. The van der Waals surface area contributed by atoms with Gasteiger partial charge in [0.25, 0.3) is 0 Å². The summed E-state index contributed by atoms with van der Waals surface area (Å²) in [5.74, 6) is 2.90. The van der Waals surface area contributed by atoms with Crippen LogP contribution in [0.1, 0.15) is 104 Å². The predicted molar refractivity (Wildman–Crippen MR) is 108 cm³/mol. The van der Waals surface area contributed by atoms with E-state index >= 15 is 0 Å². The lowest BCUT2D eigenvalue weighted by atomic mass is 9.69. The second-order valence-corrected chi connectivity index (χ2v) is 9.74. The topological polar surface area (TPSA) is 26.3 Å². The molecule has 0 aliphatic heterocycles. The molecule has 0 saturated heterocycles. The molecule has 3 aliphatic rings. The quantitative estimate of drug-likeness (QED) is 0.470. The van der Waals surface area contributed by atoms with Crippen molar-refractivity contribution in [3.8, 4) is 0 Å². The van der Waals surface area contributed by atoms with Gasteiger partial charge in [0.15, 0.2) is 0 Å². The zero-order chi connectivity index (χ0) is 19.2. The molecule has 0 bridgehead atoms. The average Bonchev–Trinajstić information content (AvgIpc) is 2.69. The normalized spacial score (nSPS) is 40.5. The molecule has 3 saturated carbocycles. The summed E-state index contributed by atoms with van der Waals surface area (Å²) < 4.78 is 19.9. The number of hydrogen-bond acceptors (Lipinski definition) is 2. The molecule has 3 unspecified atom stereocenters. The minimum Gasteiger partial charge on any atom is -0.462 e. The van der Waals surface area contributed by atoms with Gasteiger partial charge in [0.05, 0.1) is 5.92 Å². The fraction of sp³-hybridized carbons (Fsp3) is 0.958. The van der Waals surface area contributed by atoms with Gasteiger partial charge in [-0.05, 0) is 75.0 Å². The van der Waals surface area contributed by atoms with Crippen molar-refractivity contribution in [1.82, 2.24) is 0 Å². The zero-order valence-electron chi connectivity index (χ0n) is 17.6. The molecule has 0 spiro atoms. The van der Waals surface area contributed by atoms with Crippen LogP contribution in [-0.2, 0) is 9.53 Å². The van der Waals surface area contributed by atoms with Crippen molar-refractivity contribution in [2.75, 3.05) is 0 Å². The lowest BCUT2D eigenvalue weighted by molar-refractivity contribution is -0.159. The van der Waals surface area contributed by atoms with E-state index in [4.69, 9.17) is 4.74 Å². The van der Waals surface area contributed by atoms with E-state index < -0.39 is 6.17 Å². The van der Waals surface area contributed by atoms with Crippen LogP contribution in [0.4, 0.5) is 4.39 Å². The molecule has 0 amide bonds. The minimum atomic E-state index is -0.792. The summed E-state index contributed by atoms with van der Waals surface area (Å²) in [5.41, 5.74) is 0. The van der Waals surface area contributed by atoms with Crippen LogP contribution in [0, 0.1) is 29.6 Å². The molecule has 0 radical (unpaired) electrons. The maximum Gasteiger partial charge on any atom is 0.309 e. The van der Waals surface area contributed by atoms with Crippen LogP contribution in [0.2, 0.25) is 0 Å². The highest BCUT2D eigenvalue weighted by Gasteiger charge is 2.36. The Bertz CT molecular complexity index is 449. The van der Waals surface area contributed by atoms with E-state index in [1.54, 1.807) is 0 Å². The average molecular weight is 381 g/mol. The molecule has 0 heterocycles. The molecule has 3 fully saturated rings. The number of carbonyl (C=O) groups excluding carboxylic acids is 1. The summed E-state index contributed by atoms with van der Waals surface area (Å²) in [5, 5.41) is 0. The Labute approximate surface area is 166 Å². The highest BCUT2D eigenvalue weighted by atomic mass is 19.1. The second kappa shape index (κ2) is 10.3. The van der Waals surface area contributed by atoms with Crippen LogP contribution >= 0.6 is 0 Å². The number of halogens is 1. The maximum atomic E-state index is 14.1. The first kappa shape index (κ1) is 21.1. The summed E-state index contributed by atoms with van der Waals surface area (Å²) >= 11 is 0. The third-order valence-corrected chi connectivity index (χ3v) is 8.03. The molecule has 3 atom stereocenters. The van der Waals surface area contributed by atoms with Gasteiger partial charge in [0, 0.05) is 6.42 Å². The molecule has 3 aliphatic carbocycles. The molecule has 27 heavy (non-hydrogen) atoms. The molecule has 3 rings (SSSR count). The summed E-state index contributed by atoms with van der Waals surface area (Å²) in [6.07, 6.45) is 14.8. The molecule has 156 valence electrons. The summed E-state index contributed by atoms with van der Waals surface area (Å²) in [4.78, 5) is 12.6. The van der Waals surface area contributed by atoms with E-state index in [2.05, 4.69) is 13.8 Å². The zero-order valence-corrected chi connectivity index (χ0v) is 17.6. The fourth-order valence-corrected chi connectivity index (χ4v) is 6.15. The van der Waals surface area contributed by atoms with Crippen molar-refractivity contribution in [2.45, 2.75) is 116 Å². The molecular weight excluding hydrogens is 339 g/mol. The highest BCUT2D eigenvalue weighted by Crippen LogP contribution is 2.42. The Morgan fingerprint density at radius 2 is 1.52 bits per heavy atom. The monoisotopic (exact) mass is 380 g/mol. The van der Waals surface area contributed by atoms with Crippen molar-refractivity contribution in [3.63, 3.8) is 0 Å². The van der Waals surface area contributed by atoms with Gasteiger partial charge in [0.1, 0.15) is 12.3 Å². The minimum absolute atomic E-state index is 0.0350. The van der Waals surface area contributed by atoms with Crippen LogP contribution in [0.15, 0.2) is 0 Å². The van der Waals surface area contributed by atoms with E-state index in [0.29, 0.717) is 6.42 Å². The molecule has 2 nitrogen and oxygen atoms in total. The molecular formula is C24H41FO2. The lowest BCUT2D eigenvalue weighted by Gasteiger charge is -2.38. The Balaban J connectivity index is 1.37. The number of ether oxygens (including phenoxy) is 1. The summed E-state index contributed by atoms with van der Waals surface area (Å²) in [6, 6.07) is 0. The van der Waals surface area contributed by atoms with Gasteiger partial charge in [-0.15, -0.1) is 0 Å². The highest BCUT2D eigenvalue weighted by molar-refractivity contribution is 5.72. The maximum absolute atomic E-state index is 14.1. The van der Waals surface area contributed by atoms with Crippen molar-refractivity contribution in [1.29, 1.82) is 0 Å². The van der Waals surface area contributed by atoms with Crippen LogP contribution in [0.5, 0.6) is 0 Å². The van der Waals surface area contributed by atoms with E-state index in [9.17, 15) is 9.18 Å². The Morgan fingerprint density at radius 3 is 2.07 bits per heavy atom. The second-order valence-electron chi connectivity index (χ2n) is 9.74. The van der Waals surface area contributed by atoms with Crippen LogP contribution < -0.4 is 0 Å². The molecule has 0 aromatic heterocycles. The SMILES string of the molecule is CCCC1CCC(C2CCC(C(=O)OC3CCC(CC)C(F)C3)CC2)CC1. The Hall–Kier alpha value is -0.600. The number of esters is 1. The Kier molecular flexibility index (Phi) is 8.02. The van der Waals surface area contributed by atoms with Crippen molar-refractivity contribution in [2.24, 2.45) is 29.6 Å². The Morgan fingerprint density at radius 1 is 0.889 bits per heavy atom. The molecule has 0 aromatic carbocycles. The van der Waals surface area contributed by atoms with Crippen molar-refractivity contribution < 1.29 is 13.9 Å². The largest absolute Gasteiger partial charge is 0.462 e. The number of hydrogen-bond donors (Lipinski definition) is 0. The first-order valence-corrected chi connectivity index (χ1v) is 11.9. The first-order valence-electron chi connectivity index (χ1n) is 11.9. The summed E-state index contributed by atoms with van der Waals surface area (Å²) in [7, 11) is 0. The van der Waals surface area contributed by atoms with E-state index in [-0.39, 0.29) is 23.9 Å². The van der Waals surface area contributed by atoms with Crippen LogP contribution in [-0.4, -0.2) is 18.2 Å². The lowest BCUT2D eigenvalue weighted by Crippen LogP contribution is -2.35. The third kappa shape index (κ3) is 5.70.